The van der Waals surface area contributed by atoms with Gasteiger partial charge in [0.15, 0.2) is 5.11 Å². The Morgan fingerprint density at radius 3 is 2.42 bits per heavy atom. The highest BCUT2D eigenvalue weighted by atomic mass is 32.1. The van der Waals surface area contributed by atoms with Crippen LogP contribution in [0.25, 0.3) is 0 Å². The Bertz CT molecular complexity index is 737. The van der Waals surface area contributed by atoms with Gasteiger partial charge in [0.2, 0.25) is 5.91 Å². The van der Waals surface area contributed by atoms with Gasteiger partial charge in [-0.3, -0.25) is 4.79 Å². The number of nitrogens with one attached hydrogen (secondary N) is 2. The molecule has 2 aromatic carbocycles. The van der Waals surface area contributed by atoms with Crippen molar-refractivity contribution in [2.75, 3.05) is 5.32 Å². The Morgan fingerprint density at radius 2 is 1.79 bits per heavy atom. The molecule has 0 aliphatic heterocycles. The summed E-state index contributed by atoms with van der Waals surface area (Å²) in [6.07, 6.45) is 0.247. The van der Waals surface area contributed by atoms with Crippen molar-refractivity contribution in [2.24, 2.45) is 0 Å². The zero-order chi connectivity index (χ0) is 17.7. The quantitative estimate of drug-likeness (QED) is 0.587. The van der Waals surface area contributed by atoms with Crippen molar-refractivity contribution >= 4 is 28.9 Å². The summed E-state index contributed by atoms with van der Waals surface area (Å²) in [6.45, 7) is 6.26. The smallest absolute Gasteiger partial charge is 0.230 e. The van der Waals surface area contributed by atoms with E-state index in [-0.39, 0.29) is 28.6 Å². The highest BCUT2D eigenvalue weighted by molar-refractivity contribution is 7.80. The van der Waals surface area contributed by atoms with Gasteiger partial charge in [0, 0.05) is 0 Å². The van der Waals surface area contributed by atoms with E-state index in [1.807, 2.05) is 42.5 Å². The molecule has 5 heteroatoms. The van der Waals surface area contributed by atoms with Gasteiger partial charge in [-0.05, 0) is 40.9 Å². The molecule has 0 aliphatic rings. The summed E-state index contributed by atoms with van der Waals surface area (Å²) in [5.41, 5.74) is 2.39. The first kappa shape index (κ1) is 17.9. The number of hydrogen-bond acceptors (Lipinski definition) is 3. The minimum atomic E-state index is -0.204. The van der Waals surface area contributed by atoms with Crippen LogP contribution in [0, 0.1) is 0 Å². The second kappa shape index (κ2) is 7.45. The lowest BCUT2D eigenvalue weighted by Gasteiger charge is -2.21. The number of benzene rings is 2. The van der Waals surface area contributed by atoms with Crippen molar-refractivity contribution in [3.63, 3.8) is 0 Å². The van der Waals surface area contributed by atoms with E-state index in [9.17, 15) is 9.90 Å². The lowest BCUT2D eigenvalue weighted by molar-refractivity contribution is -0.119. The third-order valence-electron chi connectivity index (χ3n) is 3.57. The fraction of sp³-hybridized carbons (Fsp3) is 0.263. The van der Waals surface area contributed by atoms with E-state index in [0.717, 1.165) is 11.1 Å². The molecule has 0 unspecified atom stereocenters. The summed E-state index contributed by atoms with van der Waals surface area (Å²) in [6, 6.07) is 14.8. The summed E-state index contributed by atoms with van der Waals surface area (Å²) in [7, 11) is 0. The van der Waals surface area contributed by atoms with Gasteiger partial charge < -0.3 is 15.7 Å². The van der Waals surface area contributed by atoms with Crippen molar-refractivity contribution in [1.29, 1.82) is 0 Å². The molecular weight excluding hydrogens is 320 g/mol. The maximum absolute atomic E-state index is 12.0. The van der Waals surface area contributed by atoms with Gasteiger partial charge in [0.05, 0.1) is 12.1 Å². The Hall–Kier alpha value is -2.40. The zero-order valence-corrected chi connectivity index (χ0v) is 14.9. The summed E-state index contributed by atoms with van der Waals surface area (Å²) in [5.74, 6) is -0.118. The molecule has 2 aromatic rings. The third kappa shape index (κ3) is 5.06. The number of phenolic OH excluding ortho intramolecular Hbond substituents is 1. The van der Waals surface area contributed by atoms with Gasteiger partial charge in [0.25, 0.3) is 0 Å². The predicted octanol–water partition coefficient (Wildman–Crippen LogP) is 3.75. The zero-order valence-electron chi connectivity index (χ0n) is 14.1. The standard InChI is InChI=1S/C19H22N2O2S/c1-19(2,3)14-9-10-16(22)15(12-14)20-18(24)21-17(23)11-13-7-5-4-6-8-13/h4-10,12,22H,11H2,1-3H3,(H2,20,21,23,24). The largest absolute Gasteiger partial charge is 0.506 e. The molecular formula is C19H22N2O2S. The number of carbonyl (C=O) groups is 1. The normalized spacial score (nSPS) is 11.0. The Labute approximate surface area is 147 Å². The molecule has 0 aliphatic carbocycles. The molecule has 0 fully saturated rings. The van der Waals surface area contributed by atoms with Crippen LogP contribution in [-0.2, 0) is 16.6 Å². The Morgan fingerprint density at radius 1 is 1.12 bits per heavy atom. The number of anilines is 1. The number of aromatic hydroxyl groups is 1. The number of hydrogen-bond donors (Lipinski definition) is 3. The molecule has 2 rings (SSSR count). The van der Waals surface area contributed by atoms with Crippen LogP contribution < -0.4 is 10.6 Å². The summed E-state index contributed by atoms with van der Waals surface area (Å²) >= 11 is 5.17. The highest BCUT2D eigenvalue weighted by Crippen LogP contribution is 2.30. The topological polar surface area (TPSA) is 61.4 Å². The average molecular weight is 342 g/mol. The van der Waals surface area contributed by atoms with Crippen molar-refractivity contribution in [2.45, 2.75) is 32.6 Å². The molecule has 0 spiro atoms. The van der Waals surface area contributed by atoms with Gasteiger partial charge in [-0.15, -0.1) is 0 Å². The first-order chi connectivity index (χ1) is 11.3. The van der Waals surface area contributed by atoms with Crippen molar-refractivity contribution in [3.05, 3.63) is 59.7 Å². The maximum Gasteiger partial charge on any atom is 0.230 e. The molecule has 0 saturated carbocycles. The summed E-state index contributed by atoms with van der Waals surface area (Å²) < 4.78 is 0. The lowest BCUT2D eigenvalue weighted by Crippen LogP contribution is -2.35. The second-order valence-corrected chi connectivity index (χ2v) is 7.05. The number of carbonyl (C=O) groups excluding carboxylic acids is 1. The fourth-order valence-corrected chi connectivity index (χ4v) is 2.43. The fourth-order valence-electron chi connectivity index (χ4n) is 2.21. The van der Waals surface area contributed by atoms with E-state index in [2.05, 4.69) is 31.4 Å². The van der Waals surface area contributed by atoms with Crippen LogP contribution in [0.4, 0.5) is 5.69 Å². The van der Waals surface area contributed by atoms with Gasteiger partial charge in [-0.2, -0.15) is 0 Å². The second-order valence-electron chi connectivity index (χ2n) is 6.65. The van der Waals surface area contributed by atoms with Crippen LogP contribution in [-0.4, -0.2) is 16.1 Å². The van der Waals surface area contributed by atoms with Gasteiger partial charge in [0.1, 0.15) is 5.75 Å². The highest BCUT2D eigenvalue weighted by Gasteiger charge is 2.16. The third-order valence-corrected chi connectivity index (χ3v) is 3.78. The molecule has 0 aromatic heterocycles. The molecule has 126 valence electrons. The molecule has 0 bridgehead atoms. The van der Waals surface area contributed by atoms with Crippen LogP contribution in [0.15, 0.2) is 48.5 Å². The summed E-state index contributed by atoms with van der Waals surface area (Å²) in [4.78, 5) is 12.0. The van der Waals surface area contributed by atoms with Crippen LogP contribution >= 0.6 is 12.2 Å². The number of thiocarbonyl (C=S) groups is 1. The van der Waals surface area contributed by atoms with Crippen molar-refractivity contribution in [3.8, 4) is 5.75 Å². The number of rotatable bonds is 3. The average Bonchev–Trinajstić information content (AvgIpc) is 2.49. The minimum Gasteiger partial charge on any atom is -0.506 e. The summed E-state index contributed by atoms with van der Waals surface area (Å²) in [5, 5.41) is 15.7. The number of amides is 1. The lowest BCUT2D eigenvalue weighted by atomic mass is 9.87. The molecule has 1 amide bonds. The molecule has 3 N–H and O–H groups in total. The van der Waals surface area contributed by atoms with Gasteiger partial charge in [-0.1, -0.05) is 57.2 Å². The molecule has 4 nitrogen and oxygen atoms in total. The van der Waals surface area contributed by atoms with E-state index < -0.39 is 0 Å². The van der Waals surface area contributed by atoms with E-state index in [4.69, 9.17) is 12.2 Å². The molecule has 0 atom stereocenters. The predicted molar refractivity (Wildman–Crippen MR) is 101 cm³/mol. The van der Waals surface area contributed by atoms with Crippen molar-refractivity contribution in [1.82, 2.24) is 5.32 Å². The Balaban J connectivity index is 2.00. The maximum atomic E-state index is 12.0. The Kier molecular flexibility index (Phi) is 5.57. The monoisotopic (exact) mass is 342 g/mol. The molecule has 0 radical (unpaired) electrons. The van der Waals surface area contributed by atoms with Gasteiger partial charge >= 0.3 is 0 Å². The molecule has 0 saturated heterocycles. The number of phenols is 1. The minimum absolute atomic E-state index is 0.0533. The molecule has 0 heterocycles. The first-order valence-electron chi connectivity index (χ1n) is 7.74. The van der Waals surface area contributed by atoms with Crippen LogP contribution in [0.3, 0.4) is 0 Å². The van der Waals surface area contributed by atoms with E-state index in [0.29, 0.717) is 5.69 Å². The first-order valence-corrected chi connectivity index (χ1v) is 8.15. The SMILES string of the molecule is CC(C)(C)c1ccc(O)c(NC(=S)NC(=O)Cc2ccccc2)c1. The van der Waals surface area contributed by atoms with E-state index >= 15 is 0 Å². The van der Waals surface area contributed by atoms with Crippen LogP contribution in [0.1, 0.15) is 31.9 Å². The van der Waals surface area contributed by atoms with E-state index in [1.54, 1.807) is 6.07 Å². The van der Waals surface area contributed by atoms with Crippen molar-refractivity contribution < 1.29 is 9.90 Å². The molecule has 24 heavy (non-hydrogen) atoms. The van der Waals surface area contributed by atoms with Gasteiger partial charge in [-0.25, -0.2) is 0 Å². The van der Waals surface area contributed by atoms with Crippen LogP contribution in [0.2, 0.25) is 0 Å². The van der Waals surface area contributed by atoms with E-state index in [1.165, 1.54) is 0 Å². The van der Waals surface area contributed by atoms with Crippen LogP contribution in [0.5, 0.6) is 5.75 Å².